The first-order valence-electron chi connectivity index (χ1n) is 5.20. The molecule has 0 fully saturated rings. The van der Waals surface area contributed by atoms with E-state index in [9.17, 15) is 14.9 Å². The molecule has 1 rings (SSSR count). The highest BCUT2D eigenvalue weighted by Gasteiger charge is 2.21. The predicted molar refractivity (Wildman–Crippen MR) is 61.6 cm³/mol. The Balaban J connectivity index is 2.98. The van der Waals surface area contributed by atoms with Crippen LogP contribution in [0.4, 0.5) is 5.69 Å². The van der Waals surface area contributed by atoms with Gasteiger partial charge in [0, 0.05) is 25.2 Å². The van der Waals surface area contributed by atoms with E-state index in [4.69, 9.17) is 9.84 Å². The number of carbonyl (C=O) groups is 1. The van der Waals surface area contributed by atoms with Gasteiger partial charge < -0.3 is 14.6 Å². The van der Waals surface area contributed by atoms with E-state index in [1.54, 1.807) is 0 Å². The van der Waals surface area contributed by atoms with Gasteiger partial charge in [-0.3, -0.25) is 10.1 Å². The first kappa shape index (κ1) is 13.9. The normalized spacial score (nSPS) is 9.89. The second-order valence-electron chi connectivity index (χ2n) is 3.35. The molecule has 18 heavy (non-hydrogen) atoms. The second-order valence-corrected chi connectivity index (χ2v) is 3.35. The molecular weight excluding hydrogens is 242 g/mol. The zero-order valence-electron chi connectivity index (χ0n) is 9.79. The van der Waals surface area contributed by atoms with Crippen LogP contribution in [0.25, 0.3) is 0 Å². The second kappa shape index (κ2) is 6.55. The smallest absolute Gasteiger partial charge is 0.345 e. The number of hydrogen-bond donors (Lipinski definition) is 1. The molecule has 0 amide bonds. The third-order valence-corrected chi connectivity index (χ3v) is 2.14. The topological polar surface area (TPSA) is 98.9 Å². The molecule has 1 aromatic carbocycles. The van der Waals surface area contributed by atoms with Crippen LogP contribution in [0.3, 0.4) is 0 Å². The average molecular weight is 255 g/mol. The molecule has 0 saturated carbocycles. The summed E-state index contributed by atoms with van der Waals surface area (Å²) in [6.45, 7) is 0.242. The predicted octanol–water partition coefficient (Wildman–Crippen LogP) is 1.14. The van der Waals surface area contributed by atoms with E-state index in [2.05, 4.69) is 4.74 Å². The van der Waals surface area contributed by atoms with Crippen LogP contribution < -0.4 is 4.74 Å². The van der Waals surface area contributed by atoms with Gasteiger partial charge in [-0.1, -0.05) is 0 Å². The highest BCUT2D eigenvalue weighted by molar-refractivity contribution is 5.94. The minimum absolute atomic E-state index is 0.0170. The van der Waals surface area contributed by atoms with Crippen LogP contribution in [0.2, 0.25) is 0 Å². The Hall–Kier alpha value is -2.15. The fraction of sp³-hybridized carbons (Fsp3) is 0.364. The Labute approximate surface area is 103 Å². The zero-order chi connectivity index (χ0) is 13.5. The highest BCUT2D eigenvalue weighted by atomic mass is 16.6. The summed E-state index contributed by atoms with van der Waals surface area (Å²) in [7, 11) is 1.14. The van der Waals surface area contributed by atoms with Crippen LogP contribution in [-0.2, 0) is 4.74 Å². The van der Waals surface area contributed by atoms with E-state index in [1.807, 2.05) is 0 Å². The quantitative estimate of drug-likeness (QED) is 0.354. The van der Waals surface area contributed by atoms with Crippen molar-refractivity contribution in [1.29, 1.82) is 0 Å². The highest BCUT2D eigenvalue weighted by Crippen LogP contribution is 2.24. The van der Waals surface area contributed by atoms with Crippen LogP contribution in [0.15, 0.2) is 18.2 Å². The van der Waals surface area contributed by atoms with E-state index in [1.165, 1.54) is 18.2 Å². The van der Waals surface area contributed by atoms with Gasteiger partial charge in [-0.05, 0) is 6.07 Å². The number of aliphatic hydroxyl groups excluding tert-OH is 1. The lowest BCUT2D eigenvalue weighted by molar-refractivity contribution is -0.385. The number of methoxy groups -OCH3 is 1. The van der Waals surface area contributed by atoms with Gasteiger partial charge >= 0.3 is 5.97 Å². The molecule has 0 radical (unpaired) electrons. The van der Waals surface area contributed by atoms with E-state index in [-0.39, 0.29) is 24.5 Å². The molecule has 0 unspecified atom stereocenters. The number of nitro benzene ring substituents is 1. The van der Waals surface area contributed by atoms with Crippen molar-refractivity contribution in [2.24, 2.45) is 0 Å². The number of nitro groups is 1. The lowest BCUT2D eigenvalue weighted by Gasteiger charge is -2.07. The summed E-state index contributed by atoms with van der Waals surface area (Å²) in [4.78, 5) is 21.5. The summed E-state index contributed by atoms with van der Waals surface area (Å²) in [5.41, 5.74) is -0.500. The Kier molecular flexibility index (Phi) is 5.06. The minimum Gasteiger partial charge on any atom is -0.493 e. The molecule has 0 saturated heterocycles. The maximum absolute atomic E-state index is 11.4. The standard InChI is InChI=1S/C11H13NO6/c1-17-11(14)9-7-8(18-6-2-5-13)3-4-10(9)12(15)16/h3-4,7,13H,2,5-6H2,1H3. The lowest BCUT2D eigenvalue weighted by atomic mass is 10.1. The Bertz CT molecular complexity index is 445. The number of nitrogens with zero attached hydrogens (tertiary/aromatic N) is 1. The maximum Gasteiger partial charge on any atom is 0.345 e. The van der Waals surface area contributed by atoms with Crippen molar-refractivity contribution in [2.75, 3.05) is 20.3 Å². The molecule has 0 spiro atoms. The van der Waals surface area contributed by atoms with Gasteiger partial charge in [-0.15, -0.1) is 0 Å². The van der Waals surface area contributed by atoms with E-state index >= 15 is 0 Å². The van der Waals surface area contributed by atoms with Crippen molar-refractivity contribution in [1.82, 2.24) is 0 Å². The number of carbonyl (C=O) groups excluding carboxylic acids is 1. The van der Waals surface area contributed by atoms with E-state index < -0.39 is 10.9 Å². The van der Waals surface area contributed by atoms with Crippen molar-refractivity contribution >= 4 is 11.7 Å². The van der Waals surface area contributed by atoms with Crippen LogP contribution in [0, 0.1) is 10.1 Å². The summed E-state index contributed by atoms with van der Waals surface area (Å²) >= 11 is 0. The molecule has 0 aliphatic rings. The summed E-state index contributed by atoms with van der Waals surface area (Å²) in [6, 6.07) is 3.82. The van der Waals surface area contributed by atoms with Crippen molar-refractivity contribution in [3.8, 4) is 5.75 Å². The molecular formula is C11H13NO6. The Morgan fingerprint density at radius 2 is 2.22 bits per heavy atom. The third-order valence-electron chi connectivity index (χ3n) is 2.14. The molecule has 0 aromatic heterocycles. The van der Waals surface area contributed by atoms with Gasteiger partial charge in [0.25, 0.3) is 5.69 Å². The SMILES string of the molecule is COC(=O)c1cc(OCCCO)ccc1[N+](=O)[O-]. The molecule has 1 N–H and O–H groups in total. The van der Waals surface area contributed by atoms with E-state index in [0.29, 0.717) is 12.2 Å². The molecule has 7 nitrogen and oxygen atoms in total. The summed E-state index contributed by atoms with van der Waals surface area (Å²) in [6.07, 6.45) is 0.435. The molecule has 0 atom stereocenters. The molecule has 1 aromatic rings. The summed E-state index contributed by atoms with van der Waals surface area (Å²) in [5.74, 6) is -0.483. The first-order valence-corrected chi connectivity index (χ1v) is 5.20. The number of rotatable bonds is 6. The number of benzene rings is 1. The first-order chi connectivity index (χ1) is 8.60. The monoisotopic (exact) mass is 255 g/mol. The molecule has 0 heterocycles. The van der Waals surface area contributed by atoms with Gasteiger partial charge in [0.15, 0.2) is 0 Å². The minimum atomic E-state index is -0.797. The number of esters is 1. The molecule has 7 heteroatoms. The van der Waals surface area contributed by atoms with Gasteiger partial charge in [-0.2, -0.15) is 0 Å². The number of hydrogen-bond acceptors (Lipinski definition) is 6. The van der Waals surface area contributed by atoms with Crippen molar-refractivity contribution < 1.29 is 24.3 Å². The van der Waals surface area contributed by atoms with Crippen LogP contribution in [0.1, 0.15) is 16.8 Å². The summed E-state index contributed by atoms with van der Waals surface area (Å²) < 4.78 is 9.69. The van der Waals surface area contributed by atoms with Gasteiger partial charge in [-0.25, -0.2) is 4.79 Å². The fourth-order valence-electron chi connectivity index (χ4n) is 1.29. The Morgan fingerprint density at radius 3 is 2.78 bits per heavy atom. The Morgan fingerprint density at radius 1 is 1.50 bits per heavy atom. The molecule has 0 aliphatic heterocycles. The maximum atomic E-state index is 11.4. The van der Waals surface area contributed by atoms with E-state index in [0.717, 1.165) is 7.11 Å². The third kappa shape index (κ3) is 3.42. The molecule has 0 bridgehead atoms. The van der Waals surface area contributed by atoms with Crippen molar-refractivity contribution in [3.63, 3.8) is 0 Å². The van der Waals surface area contributed by atoms with Crippen LogP contribution >= 0.6 is 0 Å². The van der Waals surface area contributed by atoms with Gasteiger partial charge in [0.1, 0.15) is 11.3 Å². The largest absolute Gasteiger partial charge is 0.493 e. The molecule has 98 valence electrons. The van der Waals surface area contributed by atoms with Crippen molar-refractivity contribution in [3.05, 3.63) is 33.9 Å². The van der Waals surface area contributed by atoms with Crippen molar-refractivity contribution in [2.45, 2.75) is 6.42 Å². The lowest BCUT2D eigenvalue weighted by Crippen LogP contribution is -2.07. The zero-order valence-corrected chi connectivity index (χ0v) is 9.79. The van der Waals surface area contributed by atoms with Crippen LogP contribution in [0.5, 0.6) is 5.75 Å². The van der Waals surface area contributed by atoms with Gasteiger partial charge in [0.05, 0.1) is 18.6 Å². The average Bonchev–Trinajstić information content (AvgIpc) is 2.37. The fourth-order valence-corrected chi connectivity index (χ4v) is 1.29. The van der Waals surface area contributed by atoms with Gasteiger partial charge in [0.2, 0.25) is 0 Å². The number of aliphatic hydroxyl groups is 1. The van der Waals surface area contributed by atoms with Crippen LogP contribution in [-0.4, -0.2) is 36.3 Å². The summed E-state index contributed by atoms with van der Waals surface area (Å²) in [5, 5.41) is 19.3. The molecule has 0 aliphatic carbocycles. The number of ether oxygens (including phenoxy) is 2.